The number of phenolic OH excluding ortho intramolecular Hbond substituents is 1. The van der Waals surface area contributed by atoms with Crippen LogP contribution in [0.5, 0.6) is 5.75 Å². The third kappa shape index (κ3) is 1.94. The number of hydrogen-bond acceptors (Lipinski definition) is 6. The molecule has 2 heterocycles. The van der Waals surface area contributed by atoms with Gasteiger partial charge in [-0.25, -0.2) is 4.98 Å². The molecule has 0 aliphatic heterocycles. The number of fused-ring (bicyclic) bond motifs is 1. The third-order valence-electron chi connectivity index (χ3n) is 3.05. The van der Waals surface area contributed by atoms with Crippen LogP contribution < -0.4 is 11.2 Å². The molecule has 2 aromatic heterocycles. The first-order valence-electron chi connectivity index (χ1n) is 6.01. The highest BCUT2D eigenvalue weighted by Gasteiger charge is 2.13. The van der Waals surface area contributed by atoms with Gasteiger partial charge in [0.2, 0.25) is 0 Å². The fourth-order valence-electron chi connectivity index (χ4n) is 2.18. The number of nitrogens with two attached hydrogens (primary N) is 1. The summed E-state index contributed by atoms with van der Waals surface area (Å²) in [6.07, 6.45) is 1.57. The van der Waals surface area contributed by atoms with Crippen LogP contribution in [0.3, 0.4) is 0 Å². The number of phenols is 1. The molecule has 0 saturated heterocycles. The fraction of sp³-hybridized carbons (Fsp3) is 0.143. The predicted octanol–water partition coefficient (Wildman–Crippen LogP) is 2.65. The van der Waals surface area contributed by atoms with Crippen LogP contribution in [0.15, 0.2) is 33.3 Å². The van der Waals surface area contributed by atoms with E-state index in [4.69, 9.17) is 10.3 Å². The van der Waals surface area contributed by atoms with Crippen molar-refractivity contribution in [1.29, 1.82) is 0 Å². The summed E-state index contributed by atoms with van der Waals surface area (Å²) in [4.78, 5) is 4.40. The standard InChI is InChI=1S/C14H13N3O2S/c1-7-3-11(18)13-12(4-7)19-5-9(14(13)17-15)10-6-20-8(2)16-10/h3-6,18H,15H2,1-2H3. The molecule has 102 valence electrons. The van der Waals surface area contributed by atoms with Crippen LogP contribution >= 0.6 is 11.3 Å². The van der Waals surface area contributed by atoms with Gasteiger partial charge in [-0.05, 0) is 31.5 Å². The SMILES string of the molecule is Cc1cc(O)c2c(=NN)c(-c3csc(C)n3)coc2c1. The summed E-state index contributed by atoms with van der Waals surface area (Å²) in [7, 11) is 0. The second-order valence-electron chi connectivity index (χ2n) is 4.54. The number of rotatable bonds is 1. The first kappa shape index (κ1) is 12.7. The van der Waals surface area contributed by atoms with E-state index < -0.39 is 0 Å². The van der Waals surface area contributed by atoms with Gasteiger partial charge in [0.15, 0.2) is 0 Å². The Labute approximate surface area is 119 Å². The van der Waals surface area contributed by atoms with E-state index in [1.165, 1.54) is 11.3 Å². The van der Waals surface area contributed by atoms with Gasteiger partial charge in [0, 0.05) is 5.38 Å². The lowest BCUT2D eigenvalue weighted by molar-refractivity contribution is 0.479. The number of aryl methyl sites for hydroxylation is 2. The highest BCUT2D eigenvalue weighted by Crippen LogP contribution is 2.27. The second-order valence-corrected chi connectivity index (χ2v) is 5.60. The summed E-state index contributed by atoms with van der Waals surface area (Å²) in [5, 5.41) is 17.8. The van der Waals surface area contributed by atoms with Crippen molar-refractivity contribution in [3.63, 3.8) is 0 Å². The Hall–Kier alpha value is -2.34. The van der Waals surface area contributed by atoms with Gasteiger partial charge in [-0.15, -0.1) is 11.3 Å². The van der Waals surface area contributed by atoms with E-state index in [2.05, 4.69) is 10.1 Å². The normalized spacial score (nSPS) is 12.2. The molecule has 1 aromatic carbocycles. The molecule has 3 N–H and O–H groups in total. The molecule has 0 saturated carbocycles. The molecule has 0 aliphatic rings. The smallest absolute Gasteiger partial charge is 0.140 e. The quantitative estimate of drug-likeness (QED) is 0.532. The lowest BCUT2D eigenvalue weighted by Gasteiger charge is -2.05. The summed E-state index contributed by atoms with van der Waals surface area (Å²) < 4.78 is 5.60. The van der Waals surface area contributed by atoms with Crippen LogP contribution in [-0.2, 0) is 0 Å². The van der Waals surface area contributed by atoms with E-state index in [0.717, 1.165) is 16.3 Å². The van der Waals surface area contributed by atoms with Crippen molar-refractivity contribution in [2.75, 3.05) is 0 Å². The topological polar surface area (TPSA) is 84.6 Å². The van der Waals surface area contributed by atoms with E-state index in [0.29, 0.717) is 21.9 Å². The summed E-state index contributed by atoms with van der Waals surface area (Å²) in [5.74, 6) is 5.61. The second kappa shape index (κ2) is 4.64. The molecular weight excluding hydrogens is 274 g/mol. The predicted molar refractivity (Wildman–Crippen MR) is 78.2 cm³/mol. The summed E-state index contributed by atoms with van der Waals surface area (Å²) >= 11 is 1.53. The minimum Gasteiger partial charge on any atom is -0.507 e. The first-order valence-corrected chi connectivity index (χ1v) is 6.89. The lowest BCUT2D eigenvalue weighted by atomic mass is 10.1. The zero-order valence-electron chi connectivity index (χ0n) is 11.0. The largest absolute Gasteiger partial charge is 0.507 e. The monoisotopic (exact) mass is 287 g/mol. The molecule has 0 bridgehead atoms. The molecule has 0 atom stereocenters. The van der Waals surface area contributed by atoms with E-state index in [1.54, 1.807) is 12.3 Å². The average molecular weight is 287 g/mol. The van der Waals surface area contributed by atoms with Crippen molar-refractivity contribution in [1.82, 2.24) is 4.98 Å². The van der Waals surface area contributed by atoms with Gasteiger partial charge >= 0.3 is 0 Å². The molecule has 0 radical (unpaired) electrons. The van der Waals surface area contributed by atoms with Gasteiger partial charge in [0.1, 0.15) is 23.0 Å². The van der Waals surface area contributed by atoms with Crippen molar-refractivity contribution < 1.29 is 9.52 Å². The number of aromatic hydroxyl groups is 1. The maximum atomic E-state index is 10.1. The number of aromatic nitrogens is 1. The average Bonchev–Trinajstić information content (AvgIpc) is 2.83. The maximum absolute atomic E-state index is 10.1. The minimum atomic E-state index is 0.0988. The third-order valence-corrected chi connectivity index (χ3v) is 3.82. The van der Waals surface area contributed by atoms with Crippen LogP contribution in [0.1, 0.15) is 10.6 Å². The van der Waals surface area contributed by atoms with Gasteiger partial charge in [-0.1, -0.05) is 0 Å². The fourth-order valence-corrected chi connectivity index (χ4v) is 2.79. The zero-order valence-corrected chi connectivity index (χ0v) is 11.9. The van der Waals surface area contributed by atoms with E-state index in [1.807, 2.05) is 25.3 Å². The molecule has 6 heteroatoms. The molecule has 0 fully saturated rings. The van der Waals surface area contributed by atoms with E-state index in [-0.39, 0.29) is 5.75 Å². The number of thiazole rings is 1. The number of benzene rings is 1. The Morgan fingerprint density at radius 1 is 1.35 bits per heavy atom. The Morgan fingerprint density at radius 3 is 2.80 bits per heavy atom. The van der Waals surface area contributed by atoms with Crippen LogP contribution in [0.25, 0.3) is 22.2 Å². The first-order chi connectivity index (χ1) is 9.60. The van der Waals surface area contributed by atoms with Crippen molar-refractivity contribution in [2.24, 2.45) is 10.9 Å². The molecule has 0 aliphatic carbocycles. The van der Waals surface area contributed by atoms with Gasteiger partial charge in [-0.2, -0.15) is 5.10 Å². The molecule has 0 unspecified atom stereocenters. The zero-order chi connectivity index (χ0) is 14.3. The van der Waals surface area contributed by atoms with Gasteiger partial charge in [0.05, 0.1) is 21.7 Å². The molecular formula is C14H13N3O2S. The van der Waals surface area contributed by atoms with Crippen LogP contribution in [0.4, 0.5) is 0 Å². The Balaban J connectivity index is 2.42. The molecule has 3 aromatic rings. The lowest BCUT2D eigenvalue weighted by Crippen LogP contribution is -2.11. The van der Waals surface area contributed by atoms with Crippen molar-refractivity contribution >= 4 is 22.3 Å². The van der Waals surface area contributed by atoms with Crippen LogP contribution in [0, 0.1) is 13.8 Å². The van der Waals surface area contributed by atoms with Crippen molar-refractivity contribution in [2.45, 2.75) is 13.8 Å². The van der Waals surface area contributed by atoms with Crippen LogP contribution in [0.2, 0.25) is 0 Å². The Morgan fingerprint density at radius 2 is 2.15 bits per heavy atom. The molecule has 0 amide bonds. The molecule has 3 rings (SSSR count). The minimum absolute atomic E-state index is 0.0988. The molecule has 5 nitrogen and oxygen atoms in total. The van der Waals surface area contributed by atoms with Crippen molar-refractivity contribution in [3.8, 4) is 17.0 Å². The number of nitrogens with zero attached hydrogens (tertiary/aromatic N) is 2. The van der Waals surface area contributed by atoms with Gasteiger partial charge < -0.3 is 15.4 Å². The van der Waals surface area contributed by atoms with Gasteiger partial charge in [-0.3, -0.25) is 0 Å². The van der Waals surface area contributed by atoms with E-state index in [9.17, 15) is 5.11 Å². The molecule has 20 heavy (non-hydrogen) atoms. The van der Waals surface area contributed by atoms with Crippen molar-refractivity contribution in [3.05, 3.63) is 39.7 Å². The summed E-state index contributed by atoms with van der Waals surface area (Å²) in [5.41, 5.74) is 2.85. The van der Waals surface area contributed by atoms with Gasteiger partial charge in [0.25, 0.3) is 0 Å². The maximum Gasteiger partial charge on any atom is 0.140 e. The Bertz CT molecular complexity index is 864. The summed E-state index contributed by atoms with van der Waals surface area (Å²) in [6, 6.07) is 3.49. The summed E-state index contributed by atoms with van der Waals surface area (Å²) in [6.45, 7) is 3.80. The van der Waals surface area contributed by atoms with E-state index >= 15 is 0 Å². The number of hydrogen-bond donors (Lipinski definition) is 2. The molecule has 0 spiro atoms. The Kier molecular flexibility index (Phi) is 2.94. The highest BCUT2D eigenvalue weighted by molar-refractivity contribution is 7.09. The highest BCUT2D eigenvalue weighted by atomic mass is 32.1. The van der Waals surface area contributed by atoms with Crippen LogP contribution in [-0.4, -0.2) is 10.1 Å².